The zero-order valence-corrected chi connectivity index (χ0v) is 12.5. The number of phenolic OH excluding ortho intramolecular Hbond substituents is 1. The number of nitrogens with zero attached hydrogens (tertiary/aromatic N) is 2. The number of hydrazone groups is 1. The molecule has 1 amide bonds. The molecule has 1 aromatic rings. The Morgan fingerprint density at radius 2 is 2.04 bits per heavy atom. The molecule has 0 aromatic heterocycles. The van der Waals surface area contributed by atoms with Crippen LogP contribution in [0.3, 0.4) is 0 Å². The molecule has 8 heteroatoms. The van der Waals surface area contributed by atoms with Gasteiger partial charge in [0.15, 0.2) is 0 Å². The van der Waals surface area contributed by atoms with Crippen LogP contribution in [0.4, 0.5) is 13.2 Å². The van der Waals surface area contributed by atoms with Gasteiger partial charge in [-0.05, 0) is 25.0 Å². The smallest absolute Gasteiger partial charge is 0.438 e. The Kier molecular flexibility index (Phi) is 4.65. The van der Waals surface area contributed by atoms with Gasteiger partial charge in [0.25, 0.3) is 11.6 Å². The van der Waals surface area contributed by atoms with Gasteiger partial charge in [0.1, 0.15) is 5.75 Å². The average Bonchev–Trinajstić information content (AvgIpc) is 2.83. The van der Waals surface area contributed by atoms with Crippen LogP contribution in [0, 0.1) is 0 Å². The van der Waals surface area contributed by atoms with E-state index in [0.717, 1.165) is 6.42 Å². The highest BCUT2D eigenvalue weighted by atomic mass is 19.4. The molecule has 1 atom stereocenters. The van der Waals surface area contributed by atoms with Crippen LogP contribution in [0.15, 0.2) is 29.4 Å². The van der Waals surface area contributed by atoms with Crippen LogP contribution in [0.1, 0.15) is 43.0 Å². The lowest BCUT2D eigenvalue weighted by molar-refractivity contribution is -0.297. The third-order valence-electron chi connectivity index (χ3n) is 3.64. The molecular weight excluding hydrogens is 313 g/mol. The highest BCUT2D eigenvalue weighted by Gasteiger charge is 2.63. The zero-order valence-electron chi connectivity index (χ0n) is 12.5. The van der Waals surface area contributed by atoms with Crippen molar-refractivity contribution in [2.24, 2.45) is 5.10 Å². The molecule has 0 radical (unpaired) electrons. The minimum atomic E-state index is -5.06. The van der Waals surface area contributed by atoms with Gasteiger partial charge in [-0.1, -0.05) is 25.5 Å². The van der Waals surface area contributed by atoms with Crippen LogP contribution in [-0.4, -0.2) is 38.7 Å². The van der Waals surface area contributed by atoms with E-state index in [2.05, 4.69) is 5.10 Å². The molecule has 2 rings (SSSR count). The van der Waals surface area contributed by atoms with E-state index in [1.807, 2.05) is 6.92 Å². The summed E-state index contributed by atoms with van der Waals surface area (Å²) in [4.78, 5) is 12.3. The van der Waals surface area contributed by atoms with Crippen molar-refractivity contribution in [3.05, 3.63) is 29.8 Å². The molecule has 0 fully saturated rings. The average molecular weight is 330 g/mol. The fourth-order valence-electron chi connectivity index (χ4n) is 2.34. The monoisotopic (exact) mass is 330 g/mol. The maximum absolute atomic E-state index is 13.3. The Hall–Kier alpha value is -2.09. The van der Waals surface area contributed by atoms with Gasteiger partial charge in [-0.3, -0.25) is 4.79 Å². The van der Waals surface area contributed by atoms with Crippen molar-refractivity contribution < 1.29 is 28.2 Å². The molecule has 0 spiro atoms. The Morgan fingerprint density at radius 1 is 1.39 bits per heavy atom. The summed E-state index contributed by atoms with van der Waals surface area (Å²) in [6.07, 6.45) is -4.23. The van der Waals surface area contributed by atoms with Crippen LogP contribution in [0.5, 0.6) is 5.75 Å². The standard InChI is InChI=1S/C15H17F3N2O3/c1-2-3-6-10-9-14(23,15(16,17)18)20(19-10)13(22)11-7-4-5-8-12(11)21/h4-5,7-8,21,23H,2-3,6,9H2,1H3/t14-/m1/s1. The van der Waals surface area contributed by atoms with E-state index in [9.17, 15) is 28.2 Å². The first-order valence-corrected chi connectivity index (χ1v) is 7.18. The summed E-state index contributed by atoms with van der Waals surface area (Å²) in [5, 5.41) is 23.4. The molecule has 0 saturated heterocycles. The molecule has 2 N–H and O–H groups in total. The number of amides is 1. The van der Waals surface area contributed by atoms with E-state index in [-0.39, 0.29) is 22.7 Å². The summed E-state index contributed by atoms with van der Waals surface area (Å²) >= 11 is 0. The van der Waals surface area contributed by atoms with Crippen LogP contribution < -0.4 is 0 Å². The number of hydrogen-bond donors (Lipinski definition) is 2. The fraction of sp³-hybridized carbons (Fsp3) is 0.467. The summed E-state index contributed by atoms with van der Waals surface area (Å²) in [5.74, 6) is -1.67. The summed E-state index contributed by atoms with van der Waals surface area (Å²) in [6, 6.07) is 5.19. The largest absolute Gasteiger partial charge is 0.507 e. The number of hydrogen-bond acceptors (Lipinski definition) is 4. The molecule has 1 aliphatic rings. The second-order valence-corrected chi connectivity index (χ2v) is 5.40. The van der Waals surface area contributed by atoms with Crippen molar-refractivity contribution in [2.75, 3.05) is 0 Å². The SMILES string of the molecule is CCCCC1=NN(C(=O)c2ccccc2O)[C@](O)(C(F)(F)F)C1. The number of aliphatic hydroxyl groups is 1. The topological polar surface area (TPSA) is 73.1 Å². The van der Waals surface area contributed by atoms with E-state index in [0.29, 0.717) is 6.42 Å². The predicted molar refractivity (Wildman–Crippen MR) is 76.9 cm³/mol. The first-order valence-electron chi connectivity index (χ1n) is 7.18. The Balaban J connectivity index is 2.40. The maximum atomic E-state index is 13.3. The van der Waals surface area contributed by atoms with E-state index >= 15 is 0 Å². The third-order valence-corrected chi connectivity index (χ3v) is 3.64. The van der Waals surface area contributed by atoms with Gasteiger partial charge in [0, 0.05) is 12.1 Å². The fourth-order valence-corrected chi connectivity index (χ4v) is 2.34. The minimum Gasteiger partial charge on any atom is -0.507 e. The van der Waals surface area contributed by atoms with E-state index < -0.39 is 30.0 Å². The van der Waals surface area contributed by atoms with E-state index in [1.165, 1.54) is 24.3 Å². The molecular formula is C15H17F3N2O3. The van der Waals surface area contributed by atoms with Crippen LogP contribution in [-0.2, 0) is 0 Å². The summed E-state index contributed by atoms with van der Waals surface area (Å²) in [5.41, 5.74) is -3.64. The van der Waals surface area contributed by atoms with E-state index in [4.69, 9.17) is 0 Å². The summed E-state index contributed by atoms with van der Waals surface area (Å²) in [6.45, 7) is 1.87. The summed E-state index contributed by atoms with van der Waals surface area (Å²) < 4.78 is 39.9. The number of carbonyl (C=O) groups is 1. The number of benzene rings is 1. The van der Waals surface area contributed by atoms with Gasteiger partial charge >= 0.3 is 6.18 Å². The van der Waals surface area contributed by atoms with Crippen molar-refractivity contribution in [3.8, 4) is 5.75 Å². The quantitative estimate of drug-likeness (QED) is 0.891. The lowest BCUT2D eigenvalue weighted by atomic mass is 10.0. The second kappa shape index (κ2) is 6.19. The number of alkyl halides is 3. The second-order valence-electron chi connectivity index (χ2n) is 5.40. The van der Waals surface area contributed by atoms with Crippen molar-refractivity contribution >= 4 is 11.6 Å². The van der Waals surface area contributed by atoms with Gasteiger partial charge in [-0.2, -0.15) is 23.3 Å². The number of aromatic hydroxyl groups is 1. The highest BCUT2D eigenvalue weighted by Crippen LogP contribution is 2.42. The number of rotatable bonds is 4. The van der Waals surface area contributed by atoms with Crippen molar-refractivity contribution in [3.63, 3.8) is 0 Å². The Labute approximate surface area is 131 Å². The number of unbranched alkanes of at least 4 members (excludes halogenated alkanes) is 1. The van der Waals surface area contributed by atoms with E-state index in [1.54, 1.807) is 0 Å². The zero-order chi connectivity index (χ0) is 17.3. The Morgan fingerprint density at radius 3 is 2.61 bits per heavy atom. The minimum absolute atomic E-state index is 0.0348. The number of halogens is 3. The normalized spacial score (nSPS) is 21.4. The first-order chi connectivity index (χ1) is 10.7. The number of carbonyl (C=O) groups excluding carboxylic acids is 1. The van der Waals surface area contributed by atoms with Gasteiger partial charge in [0.05, 0.1) is 5.56 Å². The van der Waals surface area contributed by atoms with Gasteiger partial charge in [0.2, 0.25) is 0 Å². The van der Waals surface area contributed by atoms with Gasteiger partial charge in [-0.15, -0.1) is 0 Å². The van der Waals surface area contributed by atoms with Crippen molar-refractivity contribution in [1.29, 1.82) is 0 Å². The molecule has 23 heavy (non-hydrogen) atoms. The molecule has 126 valence electrons. The lowest BCUT2D eigenvalue weighted by Gasteiger charge is -2.32. The molecule has 1 heterocycles. The highest BCUT2D eigenvalue weighted by molar-refractivity contribution is 6.00. The molecule has 1 aromatic carbocycles. The Bertz CT molecular complexity index is 631. The van der Waals surface area contributed by atoms with Gasteiger partial charge < -0.3 is 10.2 Å². The number of phenols is 1. The third kappa shape index (κ3) is 3.17. The van der Waals surface area contributed by atoms with Crippen molar-refractivity contribution in [1.82, 2.24) is 5.01 Å². The van der Waals surface area contributed by atoms with Crippen LogP contribution >= 0.6 is 0 Å². The lowest BCUT2D eigenvalue weighted by Crippen LogP contribution is -2.56. The molecule has 1 aliphatic heterocycles. The number of para-hydroxylation sites is 1. The van der Waals surface area contributed by atoms with Gasteiger partial charge in [-0.25, -0.2) is 0 Å². The molecule has 0 bridgehead atoms. The maximum Gasteiger partial charge on any atom is 0.438 e. The molecule has 5 nitrogen and oxygen atoms in total. The molecule has 0 aliphatic carbocycles. The van der Waals surface area contributed by atoms with Crippen LogP contribution in [0.25, 0.3) is 0 Å². The molecule has 0 unspecified atom stereocenters. The predicted octanol–water partition coefficient (Wildman–Crippen LogP) is 3.04. The van der Waals surface area contributed by atoms with Crippen molar-refractivity contribution in [2.45, 2.75) is 44.5 Å². The first kappa shape index (κ1) is 17.3. The molecule has 0 saturated carbocycles. The van der Waals surface area contributed by atoms with Crippen LogP contribution in [0.2, 0.25) is 0 Å². The summed E-state index contributed by atoms with van der Waals surface area (Å²) in [7, 11) is 0.